The first-order valence-electron chi connectivity index (χ1n) is 9.55. The number of rotatable bonds is 4. The molecular formula is C18H25N5O3S. The minimum atomic E-state index is -3.56. The van der Waals surface area contributed by atoms with Crippen molar-refractivity contribution in [3.8, 4) is 0 Å². The molecule has 27 heavy (non-hydrogen) atoms. The van der Waals surface area contributed by atoms with E-state index >= 15 is 0 Å². The molecule has 0 aromatic carbocycles. The SMILES string of the molecule is Cn1cc(S(=O)(=O)NC2CCC(n3nc4c(cc3=O)CCCC4)CC2)cn1. The van der Waals surface area contributed by atoms with Crippen LogP contribution in [0.3, 0.4) is 0 Å². The van der Waals surface area contributed by atoms with Crippen LogP contribution in [0.2, 0.25) is 0 Å². The zero-order valence-corrected chi connectivity index (χ0v) is 16.3. The molecule has 2 aromatic rings. The molecule has 1 fully saturated rings. The van der Waals surface area contributed by atoms with Crippen molar-refractivity contribution in [1.82, 2.24) is 24.3 Å². The van der Waals surface area contributed by atoms with E-state index in [0.717, 1.165) is 49.8 Å². The van der Waals surface area contributed by atoms with Crippen LogP contribution in [0, 0.1) is 0 Å². The Morgan fingerprint density at radius 1 is 1.15 bits per heavy atom. The van der Waals surface area contributed by atoms with Gasteiger partial charge in [0.2, 0.25) is 10.0 Å². The molecule has 1 saturated carbocycles. The average Bonchev–Trinajstić information content (AvgIpc) is 3.09. The van der Waals surface area contributed by atoms with E-state index in [1.54, 1.807) is 17.8 Å². The van der Waals surface area contributed by atoms with E-state index in [9.17, 15) is 13.2 Å². The zero-order chi connectivity index (χ0) is 19.0. The first kappa shape index (κ1) is 18.4. The van der Waals surface area contributed by atoms with Crippen molar-refractivity contribution < 1.29 is 8.42 Å². The topological polar surface area (TPSA) is 98.9 Å². The zero-order valence-electron chi connectivity index (χ0n) is 15.5. The van der Waals surface area contributed by atoms with Crippen LogP contribution >= 0.6 is 0 Å². The molecule has 0 bridgehead atoms. The lowest BCUT2D eigenvalue weighted by molar-refractivity contribution is 0.282. The highest BCUT2D eigenvalue weighted by Gasteiger charge is 2.28. The number of hydrogen-bond acceptors (Lipinski definition) is 5. The van der Waals surface area contributed by atoms with Crippen LogP contribution < -0.4 is 10.3 Å². The molecule has 2 aliphatic rings. The van der Waals surface area contributed by atoms with Gasteiger partial charge in [0, 0.05) is 25.4 Å². The second kappa shape index (κ2) is 7.20. The monoisotopic (exact) mass is 391 g/mol. The third-order valence-corrected chi connectivity index (χ3v) is 7.06. The Kier molecular flexibility index (Phi) is 4.90. The van der Waals surface area contributed by atoms with Crippen molar-refractivity contribution in [1.29, 1.82) is 0 Å². The predicted molar refractivity (Wildman–Crippen MR) is 100.0 cm³/mol. The van der Waals surface area contributed by atoms with Gasteiger partial charge >= 0.3 is 0 Å². The van der Waals surface area contributed by atoms with Gasteiger partial charge in [-0.15, -0.1) is 0 Å². The molecule has 146 valence electrons. The van der Waals surface area contributed by atoms with Crippen LogP contribution in [0.1, 0.15) is 55.8 Å². The van der Waals surface area contributed by atoms with Gasteiger partial charge in [-0.2, -0.15) is 10.2 Å². The van der Waals surface area contributed by atoms with Crippen LogP contribution in [-0.4, -0.2) is 34.0 Å². The first-order valence-corrected chi connectivity index (χ1v) is 11.0. The van der Waals surface area contributed by atoms with Gasteiger partial charge in [-0.25, -0.2) is 17.8 Å². The highest BCUT2D eigenvalue weighted by Crippen LogP contribution is 2.28. The largest absolute Gasteiger partial charge is 0.274 e. The maximum absolute atomic E-state index is 12.5. The minimum absolute atomic E-state index is 0.0324. The van der Waals surface area contributed by atoms with Gasteiger partial charge in [0.05, 0.1) is 17.9 Å². The Hall–Kier alpha value is -2.00. The third kappa shape index (κ3) is 3.84. The average molecular weight is 391 g/mol. The first-order chi connectivity index (χ1) is 12.9. The molecule has 1 N–H and O–H groups in total. The van der Waals surface area contributed by atoms with Gasteiger partial charge in [0.15, 0.2) is 0 Å². The molecule has 0 unspecified atom stereocenters. The van der Waals surface area contributed by atoms with E-state index < -0.39 is 10.0 Å². The fourth-order valence-electron chi connectivity index (χ4n) is 4.10. The molecule has 4 rings (SSSR count). The van der Waals surface area contributed by atoms with E-state index in [0.29, 0.717) is 12.8 Å². The van der Waals surface area contributed by atoms with Crippen molar-refractivity contribution in [2.45, 2.75) is 68.3 Å². The summed E-state index contributed by atoms with van der Waals surface area (Å²) in [6, 6.07) is 1.67. The van der Waals surface area contributed by atoms with Gasteiger partial charge in [-0.3, -0.25) is 9.48 Å². The second-order valence-electron chi connectivity index (χ2n) is 7.58. The van der Waals surface area contributed by atoms with E-state index in [1.807, 2.05) is 0 Å². The molecule has 2 aromatic heterocycles. The van der Waals surface area contributed by atoms with Crippen LogP contribution in [0.15, 0.2) is 28.2 Å². The van der Waals surface area contributed by atoms with Crippen molar-refractivity contribution >= 4 is 10.0 Å². The molecule has 2 heterocycles. The highest BCUT2D eigenvalue weighted by atomic mass is 32.2. The molecule has 8 nitrogen and oxygen atoms in total. The molecular weight excluding hydrogens is 366 g/mol. The van der Waals surface area contributed by atoms with Crippen LogP contribution in [0.4, 0.5) is 0 Å². The number of nitrogens with zero attached hydrogens (tertiary/aromatic N) is 4. The van der Waals surface area contributed by atoms with E-state index in [4.69, 9.17) is 0 Å². The Morgan fingerprint density at radius 2 is 1.89 bits per heavy atom. The van der Waals surface area contributed by atoms with Crippen molar-refractivity contribution in [3.63, 3.8) is 0 Å². The number of nitrogens with one attached hydrogen (secondary N) is 1. The standard InChI is InChI=1S/C18H25N5O3S/c1-22-12-16(11-19-22)27(25,26)21-14-6-8-15(9-7-14)23-18(24)10-13-4-2-3-5-17(13)20-23/h10-12,14-15,21H,2-9H2,1H3. The minimum Gasteiger partial charge on any atom is -0.274 e. The Labute approximate surface area is 158 Å². The summed E-state index contributed by atoms with van der Waals surface area (Å²) >= 11 is 0. The number of sulfonamides is 1. The number of aryl methyl sites for hydroxylation is 3. The number of fused-ring (bicyclic) bond motifs is 1. The summed E-state index contributed by atoms with van der Waals surface area (Å²) in [7, 11) is -1.87. The summed E-state index contributed by atoms with van der Waals surface area (Å²) in [6.07, 6.45) is 9.84. The fraction of sp³-hybridized carbons (Fsp3) is 0.611. The molecule has 0 spiro atoms. The quantitative estimate of drug-likeness (QED) is 0.847. The van der Waals surface area contributed by atoms with Crippen molar-refractivity contribution in [2.24, 2.45) is 7.05 Å². The van der Waals surface area contributed by atoms with E-state index in [-0.39, 0.29) is 22.5 Å². The van der Waals surface area contributed by atoms with Gasteiger partial charge in [-0.1, -0.05) is 0 Å². The second-order valence-corrected chi connectivity index (χ2v) is 9.30. The molecule has 0 radical (unpaired) electrons. The van der Waals surface area contributed by atoms with Crippen LogP contribution in [-0.2, 0) is 29.9 Å². The van der Waals surface area contributed by atoms with Gasteiger partial charge in [-0.05, 0) is 56.9 Å². The third-order valence-electron chi connectivity index (χ3n) is 5.59. The molecule has 0 saturated heterocycles. The Bertz CT molecular complexity index is 987. The van der Waals surface area contributed by atoms with Crippen molar-refractivity contribution in [2.75, 3.05) is 0 Å². The lowest BCUT2D eigenvalue weighted by Crippen LogP contribution is -2.39. The molecule has 0 amide bonds. The van der Waals surface area contributed by atoms with Gasteiger partial charge < -0.3 is 0 Å². The number of hydrogen-bond donors (Lipinski definition) is 1. The smallest absolute Gasteiger partial charge is 0.267 e. The summed E-state index contributed by atoms with van der Waals surface area (Å²) in [6.45, 7) is 0. The Morgan fingerprint density at radius 3 is 2.59 bits per heavy atom. The van der Waals surface area contributed by atoms with Crippen molar-refractivity contribution in [3.05, 3.63) is 40.1 Å². The highest BCUT2D eigenvalue weighted by molar-refractivity contribution is 7.89. The summed E-state index contributed by atoms with van der Waals surface area (Å²) in [5.74, 6) is 0. The lowest BCUT2D eigenvalue weighted by Gasteiger charge is -2.30. The molecule has 0 atom stereocenters. The van der Waals surface area contributed by atoms with Crippen LogP contribution in [0.25, 0.3) is 0 Å². The fourth-order valence-corrected chi connectivity index (χ4v) is 5.39. The normalized spacial score (nSPS) is 23.1. The number of aromatic nitrogens is 4. The maximum Gasteiger partial charge on any atom is 0.267 e. The lowest BCUT2D eigenvalue weighted by atomic mass is 9.91. The predicted octanol–water partition coefficient (Wildman–Crippen LogP) is 1.32. The molecule has 2 aliphatic carbocycles. The molecule has 9 heteroatoms. The summed E-state index contributed by atoms with van der Waals surface area (Å²) in [4.78, 5) is 12.6. The Balaban J connectivity index is 1.43. The summed E-state index contributed by atoms with van der Waals surface area (Å²) in [5, 5.41) is 8.56. The summed E-state index contributed by atoms with van der Waals surface area (Å²) in [5.41, 5.74) is 2.12. The summed E-state index contributed by atoms with van der Waals surface area (Å²) < 4.78 is 30.8. The maximum atomic E-state index is 12.5. The van der Waals surface area contributed by atoms with Gasteiger partial charge in [0.25, 0.3) is 5.56 Å². The van der Waals surface area contributed by atoms with E-state index in [1.165, 1.54) is 17.1 Å². The molecule has 0 aliphatic heterocycles. The van der Waals surface area contributed by atoms with E-state index in [2.05, 4.69) is 14.9 Å². The van der Waals surface area contributed by atoms with Crippen LogP contribution in [0.5, 0.6) is 0 Å². The van der Waals surface area contributed by atoms with Gasteiger partial charge in [0.1, 0.15) is 4.90 Å².